The fourth-order valence-corrected chi connectivity index (χ4v) is 2.10. The van der Waals surface area contributed by atoms with Crippen LogP contribution >= 0.6 is 0 Å². The zero-order valence-corrected chi connectivity index (χ0v) is 10.5. The average Bonchev–Trinajstić information content (AvgIpc) is 2.82. The second-order valence-corrected chi connectivity index (χ2v) is 4.36. The Morgan fingerprint density at radius 2 is 2.17 bits per heavy atom. The van der Waals surface area contributed by atoms with Gasteiger partial charge >= 0.3 is 0 Å². The third kappa shape index (κ3) is 3.38. The van der Waals surface area contributed by atoms with Crippen LogP contribution in [0, 0.1) is 0 Å². The van der Waals surface area contributed by atoms with E-state index in [1.54, 1.807) is 7.11 Å². The van der Waals surface area contributed by atoms with E-state index < -0.39 is 0 Å². The van der Waals surface area contributed by atoms with Crippen LogP contribution in [0.1, 0.15) is 12.0 Å². The van der Waals surface area contributed by atoms with Gasteiger partial charge < -0.3 is 19.0 Å². The van der Waals surface area contributed by atoms with E-state index in [9.17, 15) is 4.79 Å². The van der Waals surface area contributed by atoms with E-state index in [0.717, 1.165) is 11.8 Å². The number of aldehydes is 1. The zero-order chi connectivity index (χ0) is 12.8. The Hall–Kier alpha value is -1.23. The summed E-state index contributed by atoms with van der Waals surface area (Å²) in [6, 6.07) is 9.95. The normalized spacial score (nSPS) is 27.3. The van der Waals surface area contributed by atoms with Crippen LogP contribution in [0.3, 0.4) is 0 Å². The lowest BCUT2D eigenvalue weighted by molar-refractivity contribution is -0.119. The van der Waals surface area contributed by atoms with E-state index in [1.165, 1.54) is 0 Å². The van der Waals surface area contributed by atoms with Crippen LogP contribution in [0.5, 0.6) is 0 Å². The molecule has 4 nitrogen and oxygen atoms in total. The Labute approximate surface area is 107 Å². The molecule has 2 rings (SSSR count). The van der Waals surface area contributed by atoms with Crippen molar-refractivity contribution in [3.8, 4) is 0 Å². The molecule has 0 aromatic heterocycles. The van der Waals surface area contributed by atoms with Crippen LogP contribution in [0.4, 0.5) is 0 Å². The predicted octanol–water partition coefficient (Wildman–Crippen LogP) is 1.57. The highest BCUT2D eigenvalue weighted by Gasteiger charge is 2.35. The lowest BCUT2D eigenvalue weighted by Gasteiger charge is -2.17. The molecule has 0 aliphatic carbocycles. The fourth-order valence-electron chi connectivity index (χ4n) is 2.10. The molecular formula is C14H18O4. The highest BCUT2D eigenvalue weighted by Crippen LogP contribution is 2.22. The fraction of sp³-hybridized carbons (Fsp3) is 0.500. The molecule has 1 aromatic carbocycles. The third-order valence-corrected chi connectivity index (χ3v) is 3.08. The summed E-state index contributed by atoms with van der Waals surface area (Å²) in [7, 11) is 1.63. The molecule has 3 atom stereocenters. The van der Waals surface area contributed by atoms with Gasteiger partial charge in [0, 0.05) is 13.5 Å². The number of rotatable bonds is 6. The number of carbonyl (C=O) groups excluding carboxylic acids is 1. The van der Waals surface area contributed by atoms with Gasteiger partial charge in [0.2, 0.25) is 0 Å². The second kappa shape index (κ2) is 6.64. The molecular weight excluding hydrogens is 232 g/mol. The van der Waals surface area contributed by atoms with Gasteiger partial charge in [0.05, 0.1) is 19.3 Å². The van der Waals surface area contributed by atoms with E-state index >= 15 is 0 Å². The Morgan fingerprint density at radius 1 is 1.39 bits per heavy atom. The SMILES string of the molecule is CO[C@H]1CC(C=O)O[C@@H]1COCc1ccccc1. The summed E-state index contributed by atoms with van der Waals surface area (Å²) in [6.45, 7) is 0.987. The first-order valence-electron chi connectivity index (χ1n) is 6.08. The predicted molar refractivity (Wildman–Crippen MR) is 66.2 cm³/mol. The minimum Gasteiger partial charge on any atom is -0.379 e. The van der Waals surface area contributed by atoms with Crippen LogP contribution in [0.15, 0.2) is 30.3 Å². The van der Waals surface area contributed by atoms with Gasteiger partial charge in [0.25, 0.3) is 0 Å². The van der Waals surface area contributed by atoms with Crippen LogP contribution in [0.2, 0.25) is 0 Å². The lowest BCUT2D eigenvalue weighted by atomic mass is 10.1. The maximum atomic E-state index is 10.7. The van der Waals surface area contributed by atoms with E-state index in [2.05, 4.69) is 0 Å². The Morgan fingerprint density at radius 3 is 2.83 bits per heavy atom. The topological polar surface area (TPSA) is 44.8 Å². The second-order valence-electron chi connectivity index (χ2n) is 4.36. The number of benzene rings is 1. The van der Waals surface area contributed by atoms with Crippen molar-refractivity contribution < 1.29 is 19.0 Å². The minimum atomic E-state index is -0.361. The molecule has 0 radical (unpaired) electrons. The molecule has 1 aliphatic heterocycles. The summed E-state index contributed by atoms with van der Waals surface area (Å²) >= 11 is 0. The van der Waals surface area contributed by atoms with E-state index in [4.69, 9.17) is 14.2 Å². The number of hydrogen-bond donors (Lipinski definition) is 0. The summed E-state index contributed by atoms with van der Waals surface area (Å²) in [6.07, 6.45) is 0.855. The molecule has 98 valence electrons. The number of carbonyl (C=O) groups is 1. The van der Waals surface area contributed by atoms with Crippen molar-refractivity contribution in [3.05, 3.63) is 35.9 Å². The maximum absolute atomic E-state index is 10.7. The summed E-state index contributed by atoms with van der Waals surface area (Å²) in [4.78, 5) is 10.7. The van der Waals surface area contributed by atoms with Crippen molar-refractivity contribution in [2.45, 2.75) is 31.3 Å². The van der Waals surface area contributed by atoms with Gasteiger partial charge in [-0.3, -0.25) is 0 Å². The first-order valence-corrected chi connectivity index (χ1v) is 6.08. The van der Waals surface area contributed by atoms with Crippen molar-refractivity contribution in [1.29, 1.82) is 0 Å². The van der Waals surface area contributed by atoms with Crippen LogP contribution in [0.25, 0.3) is 0 Å². The smallest absolute Gasteiger partial charge is 0.148 e. The molecule has 0 spiro atoms. The Kier molecular flexibility index (Phi) is 4.87. The minimum absolute atomic E-state index is 0.0593. The molecule has 18 heavy (non-hydrogen) atoms. The van der Waals surface area contributed by atoms with Crippen molar-refractivity contribution in [2.75, 3.05) is 13.7 Å². The Bertz CT molecular complexity index is 365. The number of ether oxygens (including phenoxy) is 3. The standard InChI is InChI=1S/C14H18O4/c1-16-13-7-12(8-15)18-14(13)10-17-9-11-5-3-2-4-6-11/h2-6,8,12-14H,7,9-10H2,1H3/t12?,13-,14+/m0/s1. The lowest BCUT2D eigenvalue weighted by Crippen LogP contribution is -2.28. The molecule has 1 saturated heterocycles. The molecule has 0 N–H and O–H groups in total. The highest BCUT2D eigenvalue weighted by molar-refractivity contribution is 5.56. The molecule has 1 aromatic rings. The first-order chi connectivity index (χ1) is 8.83. The van der Waals surface area contributed by atoms with Crippen molar-refractivity contribution >= 4 is 6.29 Å². The van der Waals surface area contributed by atoms with Crippen molar-refractivity contribution in [2.24, 2.45) is 0 Å². The average molecular weight is 250 g/mol. The summed E-state index contributed by atoms with van der Waals surface area (Å²) < 4.78 is 16.4. The van der Waals surface area contributed by atoms with Gasteiger partial charge in [0.1, 0.15) is 18.5 Å². The molecule has 1 unspecified atom stereocenters. The first kappa shape index (κ1) is 13.2. The zero-order valence-electron chi connectivity index (χ0n) is 10.5. The molecule has 0 bridgehead atoms. The van der Waals surface area contributed by atoms with E-state index in [-0.39, 0.29) is 18.3 Å². The van der Waals surface area contributed by atoms with Gasteiger partial charge in [-0.2, -0.15) is 0 Å². The van der Waals surface area contributed by atoms with Crippen molar-refractivity contribution in [3.63, 3.8) is 0 Å². The third-order valence-electron chi connectivity index (χ3n) is 3.08. The van der Waals surface area contributed by atoms with E-state index in [1.807, 2.05) is 30.3 Å². The summed E-state index contributed by atoms with van der Waals surface area (Å²) in [5.41, 5.74) is 1.12. The molecule has 0 saturated carbocycles. The quantitative estimate of drug-likeness (QED) is 0.719. The number of hydrogen-bond acceptors (Lipinski definition) is 4. The van der Waals surface area contributed by atoms with Crippen LogP contribution in [-0.2, 0) is 25.6 Å². The molecule has 1 aliphatic rings. The van der Waals surface area contributed by atoms with Gasteiger partial charge in [-0.1, -0.05) is 30.3 Å². The van der Waals surface area contributed by atoms with Crippen molar-refractivity contribution in [1.82, 2.24) is 0 Å². The van der Waals surface area contributed by atoms with Gasteiger partial charge in [-0.25, -0.2) is 0 Å². The molecule has 4 heteroatoms. The van der Waals surface area contributed by atoms with Gasteiger partial charge in [-0.15, -0.1) is 0 Å². The summed E-state index contributed by atoms with van der Waals surface area (Å²) in [5, 5.41) is 0. The molecule has 1 heterocycles. The van der Waals surface area contributed by atoms with E-state index in [0.29, 0.717) is 19.6 Å². The van der Waals surface area contributed by atoms with Crippen LogP contribution < -0.4 is 0 Å². The largest absolute Gasteiger partial charge is 0.379 e. The summed E-state index contributed by atoms with van der Waals surface area (Å²) in [5.74, 6) is 0. The number of methoxy groups -OCH3 is 1. The highest BCUT2D eigenvalue weighted by atomic mass is 16.6. The van der Waals surface area contributed by atoms with Crippen LogP contribution in [-0.4, -0.2) is 38.3 Å². The van der Waals surface area contributed by atoms with Gasteiger partial charge in [-0.05, 0) is 5.56 Å². The molecule has 1 fully saturated rings. The Balaban J connectivity index is 1.77. The maximum Gasteiger partial charge on any atom is 0.148 e. The molecule has 0 amide bonds. The monoisotopic (exact) mass is 250 g/mol. The van der Waals surface area contributed by atoms with Gasteiger partial charge in [0.15, 0.2) is 0 Å².